The second kappa shape index (κ2) is 8.16. The molecule has 4 aromatic rings. The molecule has 1 atom stereocenters. The van der Waals surface area contributed by atoms with Crippen LogP contribution < -0.4 is 5.43 Å². The van der Waals surface area contributed by atoms with Crippen LogP contribution in [0, 0.1) is 6.92 Å². The predicted octanol–water partition coefficient (Wildman–Crippen LogP) is 3.95. The van der Waals surface area contributed by atoms with Crippen LogP contribution >= 0.6 is 0 Å². The number of phenolic OH excluding ortho intramolecular Hbond substituents is 1. The summed E-state index contributed by atoms with van der Waals surface area (Å²) >= 11 is 0. The molecule has 7 nitrogen and oxygen atoms in total. The summed E-state index contributed by atoms with van der Waals surface area (Å²) in [7, 11) is 0. The monoisotopic (exact) mass is 444 g/mol. The van der Waals surface area contributed by atoms with Crippen molar-refractivity contribution in [1.29, 1.82) is 0 Å². The Morgan fingerprint density at radius 1 is 1.15 bits per heavy atom. The van der Waals surface area contributed by atoms with Gasteiger partial charge < -0.3 is 24.5 Å². The quantitative estimate of drug-likeness (QED) is 0.442. The van der Waals surface area contributed by atoms with Gasteiger partial charge in [-0.25, -0.2) is 0 Å². The van der Waals surface area contributed by atoms with Gasteiger partial charge in [0.05, 0.1) is 12.5 Å². The van der Waals surface area contributed by atoms with E-state index < -0.39 is 17.1 Å². The highest BCUT2D eigenvalue weighted by atomic mass is 16.4. The highest BCUT2D eigenvalue weighted by Gasteiger charge is 2.30. The highest BCUT2D eigenvalue weighted by Crippen LogP contribution is 2.35. The number of fused-ring (bicyclic) bond motifs is 3. The van der Waals surface area contributed by atoms with Crippen molar-refractivity contribution in [3.05, 3.63) is 93.2 Å². The molecule has 168 valence electrons. The third-order valence-electron chi connectivity index (χ3n) is 6.28. The number of carbonyl (C=O) groups is 1. The first-order valence-electron chi connectivity index (χ1n) is 10.9. The zero-order chi connectivity index (χ0) is 23.1. The molecule has 0 spiro atoms. The number of aromatic hydroxyl groups is 2. The smallest absolute Gasteiger partial charge is 0.227 e. The van der Waals surface area contributed by atoms with Crippen LogP contribution in [0.3, 0.4) is 0 Å². The van der Waals surface area contributed by atoms with E-state index in [1.807, 2.05) is 18.2 Å². The van der Waals surface area contributed by atoms with Crippen LogP contribution in [0.5, 0.6) is 11.5 Å². The van der Waals surface area contributed by atoms with Crippen LogP contribution in [0.15, 0.2) is 63.8 Å². The van der Waals surface area contributed by atoms with Gasteiger partial charge in [0, 0.05) is 35.6 Å². The number of benzene rings is 2. The molecule has 0 aliphatic carbocycles. The Kier molecular flexibility index (Phi) is 5.17. The number of rotatable bonds is 4. The molecule has 3 heterocycles. The number of carbonyl (C=O) groups excluding carboxylic acids is 1. The van der Waals surface area contributed by atoms with Gasteiger partial charge in [0.1, 0.15) is 11.5 Å². The van der Waals surface area contributed by atoms with Crippen LogP contribution in [0.4, 0.5) is 0 Å². The van der Waals surface area contributed by atoms with E-state index in [-0.39, 0.29) is 23.8 Å². The van der Waals surface area contributed by atoms with Gasteiger partial charge in [0.25, 0.3) is 0 Å². The molecular weight excluding hydrogens is 420 g/mol. The number of phenols is 1. The van der Waals surface area contributed by atoms with Crippen molar-refractivity contribution in [2.45, 2.75) is 32.2 Å². The summed E-state index contributed by atoms with van der Waals surface area (Å²) in [6.07, 6.45) is 0.728. The normalized spacial score (nSPS) is 14.3. The molecule has 2 aromatic heterocycles. The molecule has 1 amide bonds. The van der Waals surface area contributed by atoms with Gasteiger partial charge in [-0.3, -0.25) is 9.59 Å². The SMILES string of the molecule is Cc1cc(=O)c(O)c([C@H](CC(=O)N2CCc3c([nH]c4ccccc34)C2)c2cccc(O)c2)o1. The van der Waals surface area contributed by atoms with E-state index in [4.69, 9.17) is 4.42 Å². The lowest BCUT2D eigenvalue weighted by Crippen LogP contribution is -2.36. The minimum Gasteiger partial charge on any atom is -0.508 e. The summed E-state index contributed by atoms with van der Waals surface area (Å²) in [4.78, 5) is 30.8. The molecule has 2 aromatic carbocycles. The van der Waals surface area contributed by atoms with Gasteiger partial charge >= 0.3 is 0 Å². The third-order valence-corrected chi connectivity index (χ3v) is 6.28. The third kappa shape index (κ3) is 3.86. The Morgan fingerprint density at radius 3 is 2.79 bits per heavy atom. The minimum atomic E-state index is -0.721. The molecule has 0 unspecified atom stereocenters. The van der Waals surface area contributed by atoms with E-state index >= 15 is 0 Å². The van der Waals surface area contributed by atoms with Crippen molar-refractivity contribution in [2.24, 2.45) is 0 Å². The maximum absolute atomic E-state index is 13.4. The van der Waals surface area contributed by atoms with E-state index in [9.17, 15) is 19.8 Å². The Bertz CT molecular complexity index is 1420. The number of aromatic amines is 1. The molecule has 1 aliphatic heterocycles. The molecular formula is C26H24N2O5. The van der Waals surface area contributed by atoms with Crippen molar-refractivity contribution in [1.82, 2.24) is 9.88 Å². The van der Waals surface area contributed by atoms with Crippen LogP contribution in [0.1, 0.15) is 40.7 Å². The lowest BCUT2D eigenvalue weighted by Gasteiger charge is -2.29. The zero-order valence-corrected chi connectivity index (χ0v) is 18.2. The van der Waals surface area contributed by atoms with E-state index in [1.165, 1.54) is 29.1 Å². The van der Waals surface area contributed by atoms with Crippen molar-refractivity contribution in [3.8, 4) is 11.5 Å². The number of hydrogen-bond donors (Lipinski definition) is 3. The average molecular weight is 444 g/mol. The Labute approximate surface area is 189 Å². The zero-order valence-electron chi connectivity index (χ0n) is 18.2. The molecule has 5 rings (SSSR count). The van der Waals surface area contributed by atoms with Crippen molar-refractivity contribution < 1.29 is 19.4 Å². The van der Waals surface area contributed by atoms with Gasteiger partial charge in [0.15, 0.2) is 5.76 Å². The maximum Gasteiger partial charge on any atom is 0.227 e. The second-order valence-corrected chi connectivity index (χ2v) is 8.48. The molecule has 0 fully saturated rings. The van der Waals surface area contributed by atoms with Crippen LogP contribution in [-0.2, 0) is 17.8 Å². The van der Waals surface area contributed by atoms with E-state index in [1.54, 1.807) is 24.0 Å². The first-order chi connectivity index (χ1) is 15.9. The lowest BCUT2D eigenvalue weighted by molar-refractivity contribution is -0.132. The van der Waals surface area contributed by atoms with Gasteiger partial charge in [0.2, 0.25) is 17.1 Å². The number of nitrogens with one attached hydrogen (secondary N) is 1. The summed E-state index contributed by atoms with van der Waals surface area (Å²) in [6, 6.07) is 15.8. The number of amides is 1. The van der Waals surface area contributed by atoms with E-state index in [2.05, 4.69) is 11.1 Å². The van der Waals surface area contributed by atoms with Gasteiger partial charge in [-0.05, 0) is 42.7 Å². The molecule has 3 N–H and O–H groups in total. The standard InChI is InChI=1S/C26H24N2O5/c1-15-11-23(30)25(32)26(33-15)20(16-5-4-6-17(29)12-16)13-24(31)28-10-9-19-18-7-2-3-8-21(18)27-22(19)14-28/h2-8,11-12,20,27,29,32H,9-10,13-14H2,1H3/t20-/m1/s1. The fourth-order valence-corrected chi connectivity index (χ4v) is 4.67. The van der Waals surface area contributed by atoms with Crippen LogP contribution in [-0.4, -0.2) is 32.5 Å². The molecule has 7 heteroatoms. The van der Waals surface area contributed by atoms with Crippen molar-refractivity contribution in [3.63, 3.8) is 0 Å². The van der Waals surface area contributed by atoms with Gasteiger partial charge in [-0.1, -0.05) is 30.3 Å². The number of aromatic nitrogens is 1. The van der Waals surface area contributed by atoms with E-state index in [0.717, 1.165) is 17.6 Å². The van der Waals surface area contributed by atoms with Crippen molar-refractivity contribution >= 4 is 16.8 Å². The number of nitrogens with zero attached hydrogens (tertiary/aromatic N) is 1. The summed E-state index contributed by atoms with van der Waals surface area (Å²) in [6.45, 7) is 2.65. The number of hydrogen-bond acceptors (Lipinski definition) is 5. The highest BCUT2D eigenvalue weighted by molar-refractivity contribution is 5.86. The summed E-state index contributed by atoms with van der Waals surface area (Å²) < 4.78 is 5.72. The van der Waals surface area contributed by atoms with Crippen molar-refractivity contribution in [2.75, 3.05) is 6.54 Å². The molecule has 0 bridgehead atoms. The maximum atomic E-state index is 13.4. The first-order valence-corrected chi connectivity index (χ1v) is 10.9. The van der Waals surface area contributed by atoms with Gasteiger partial charge in [-0.2, -0.15) is 0 Å². The molecule has 0 saturated carbocycles. The lowest BCUT2D eigenvalue weighted by atomic mass is 9.91. The molecule has 0 saturated heterocycles. The Balaban J connectivity index is 1.47. The van der Waals surface area contributed by atoms with Gasteiger partial charge in [-0.15, -0.1) is 0 Å². The average Bonchev–Trinajstić information content (AvgIpc) is 3.17. The fourth-order valence-electron chi connectivity index (χ4n) is 4.67. The first kappa shape index (κ1) is 20.9. The summed E-state index contributed by atoms with van der Waals surface area (Å²) in [5.74, 6) is -0.968. The molecule has 0 radical (unpaired) electrons. The topological polar surface area (TPSA) is 107 Å². The van der Waals surface area contributed by atoms with Crippen LogP contribution in [0.25, 0.3) is 10.9 Å². The Hall–Kier alpha value is -4.00. The largest absolute Gasteiger partial charge is 0.508 e. The van der Waals surface area contributed by atoms with E-state index in [0.29, 0.717) is 24.4 Å². The fraction of sp³-hybridized carbons (Fsp3) is 0.231. The summed E-state index contributed by atoms with van der Waals surface area (Å²) in [5, 5.41) is 21.6. The molecule has 1 aliphatic rings. The second-order valence-electron chi connectivity index (χ2n) is 8.48. The number of H-pyrrole nitrogens is 1. The molecule has 33 heavy (non-hydrogen) atoms. The van der Waals surface area contributed by atoms with Crippen LogP contribution in [0.2, 0.25) is 0 Å². The minimum absolute atomic E-state index is 0.0149. The summed E-state index contributed by atoms with van der Waals surface area (Å²) in [5.41, 5.74) is 3.33. The predicted molar refractivity (Wildman–Crippen MR) is 123 cm³/mol. The number of aryl methyl sites for hydroxylation is 1. The number of para-hydroxylation sites is 1. The Morgan fingerprint density at radius 2 is 1.97 bits per heavy atom.